The molecule has 24 heavy (non-hydrogen) atoms. The molecule has 6 nitrogen and oxygen atoms in total. The van der Waals surface area contributed by atoms with E-state index in [-0.39, 0.29) is 11.9 Å². The summed E-state index contributed by atoms with van der Waals surface area (Å²) >= 11 is 0. The number of pyridine rings is 1. The van der Waals surface area contributed by atoms with E-state index in [1.54, 1.807) is 24.4 Å². The molecule has 0 saturated carbocycles. The highest BCUT2D eigenvalue weighted by atomic mass is 16.2. The van der Waals surface area contributed by atoms with Gasteiger partial charge in [0.05, 0.1) is 0 Å². The maximum absolute atomic E-state index is 12.7. The highest BCUT2D eigenvalue weighted by Gasteiger charge is 2.17. The maximum Gasteiger partial charge on any atom is 0.281 e. The van der Waals surface area contributed by atoms with E-state index in [9.17, 15) is 4.79 Å². The van der Waals surface area contributed by atoms with E-state index in [0.29, 0.717) is 17.1 Å². The quantitative estimate of drug-likeness (QED) is 0.614. The highest BCUT2D eigenvalue weighted by Crippen LogP contribution is 2.18. The first-order valence-corrected chi connectivity index (χ1v) is 7.40. The summed E-state index contributed by atoms with van der Waals surface area (Å²) in [7, 11) is 0. The van der Waals surface area contributed by atoms with Gasteiger partial charge in [0.15, 0.2) is 0 Å². The first-order valence-electron chi connectivity index (χ1n) is 7.40. The molecule has 2 heterocycles. The Hall–Kier alpha value is -3.54. The van der Waals surface area contributed by atoms with Gasteiger partial charge in [-0.05, 0) is 35.0 Å². The lowest BCUT2D eigenvalue weighted by Crippen LogP contribution is -2.16. The van der Waals surface area contributed by atoms with Crippen LogP contribution in [0.5, 0.6) is 0 Å². The number of aromatic nitrogens is 4. The zero-order valence-electron chi connectivity index (χ0n) is 12.6. The van der Waals surface area contributed by atoms with Crippen LogP contribution in [0.25, 0.3) is 22.3 Å². The van der Waals surface area contributed by atoms with Crippen LogP contribution in [0.2, 0.25) is 0 Å². The smallest absolute Gasteiger partial charge is 0.281 e. The summed E-state index contributed by atoms with van der Waals surface area (Å²) in [6.07, 6.45) is 1.64. The molecule has 0 saturated heterocycles. The lowest BCUT2D eigenvalue weighted by atomic mass is 10.1. The van der Waals surface area contributed by atoms with Gasteiger partial charge >= 0.3 is 0 Å². The van der Waals surface area contributed by atoms with Gasteiger partial charge in [0.2, 0.25) is 11.8 Å². The molecule has 2 N–H and O–H groups in total. The summed E-state index contributed by atoms with van der Waals surface area (Å²) < 4.78 is 1.11. The summed E-state index contributed by atoms with van der Waals surface area (Å²) in [6, 6.07) is 18.7. The van der Waals surface area contributed by atoms with E-state index < -0.39 is 0 Å². The molecule has 0 bridgehead atoms. The molecule has 0 aliphatic carbocycles. The summed E-state index contributed by atoms with van der Waals surface area (Å²) in [5.41, 5.74) is 6.93. The molecule has 0 unspecified atom stereocenters. The van der Waals surface area contributed by atoms with E-state index >= 15 is 0 Å². The lowest BCUT2D eigenvalue weighted by Gasteiger charge is -2.03. The van der Waals surface area contributed by atoms with Crippen molar-refractivity contribution in [2.75, 3.05) is 5.73 Å². The van der Waals surface area contributed by atoms with E-state index in [2.05, 4.69) is 15.1 Å². The number of nitrogen functional groups attached to an aromatic ring is 1. The number of nitrogens with zero attached hydrogens (tertiary/aromatic N) is 4. The number of carbonyl (C=O) groups is 1. The molecule has 0 amide bonds. The fraction of sp³-hybridized carbons (Fsp3) is 0. The molecule has 0 aliphatic rings. The minimum absolute atomic E-state index is 0.0359. The van der Waals surface area contributed by atoms with Crippen molar-refractivity contribution in [1.82, 2.24) is 19.7 Å². The number of benzene rings is 2. The Morgan fingerprint density at radius 1 is 0.958 bits per heavy atom. The Labute approximate surface area is 137 Å². The van der Waals surface area contributed by atoms with Crippen LogP contribution in [0.3, 0.4) is 0 Å². The summed E-state index contributed by atoms with van der Waals surface area (Å²) in [6.45, 7) is 0. The van der Waals surface area contributed by atoms with Gasteiger partial charge in [-0.15, -0.1) is 5.10 Å². The normalized spacial score (nSPS) is 10.8. The third-order valence-electron chi connectivity index (χ3n) is 3.71. The molecule has 6 heteroatoms. The average molecular weight is 315 g/mol. The monoisotopic (exact) mass is 315 g/mol. The van der Waals surface area contributed by atoms with Gasteiger partial charge in [0.25, 0.3) is 5.91 Å². The van der Waals surface area contributed by atoms with Crippen LogP contribution in [0.4, 0.5) is 5.95 Å². The highest BCUT2D eigenvalue weighted by molar-refractivity contribution is 6.00. The van der Waals surface area contributed by atoms with Crippen LogP contribution in [-0.2, 0) is 0 Å². The molecule has 2 aromatic heterocycles. The average Bonchev–Trinajstić information content (AvgIpc) is 3.03. The topological polar surface area (TPSA) is 86.7 Å². The van der Waals surface area contributed by atoms with Crippen molar-refractivity contribution >= 4 is 22.6 Å². The number of anilines is 1. The van der Waals surface area contributed by atoms with Crippen LogP contribution < -0.4 is 5.73 Å². The standard InChI is InChI=1S/C18H13N5O/c19-18-21-16(15-7-3-4-10-20-15)22-23(18)17(24)14-9-8-12-5-1-2-6-13(12)11-14/h1-11H,(H2,19,21,22). The molecular formula is C18H13N5O. The van der Waals surface area contributed by atoms with Gasteiger partial charge in [-0.3, -0.25) is 9.78 Å². The Bertz CT molecular complexity index is 1040. The van der Waals surface area contributed by atoms with Gasteiger partial charge in [-0.25, -0.2) is 0 Å². The van der Waals surface area contributed by atoms with Crippen LogP contribution in [0, 0.1) is 0 Å². The first kappa shape index (κ1) is 14.1. The van der Waals surface area contributed by atoms with Crippen molar-refractivity contribution in [3.8, 4) is 11.5 Å². The molecule has 0 spiro atoms. The van der Waals surface area contributed by atoms with Crippen molar-refractivity contribution in [1.29, 1.82) is 0 Å². The maximum atomic E-state index is 12.7. The molecule has 0 atom stereocenters. The van der Waals surface area contributed by atoms with Crippen molar-refractivity contribution in [2.24, 2.45) is 0 Å². The third kappa shape index (κ3) is 2.40. The van der Waals surface area contributed by atoms with Gasteiger partial charge in [-0.2, -0.15) is 9.67 Å². The van der Waals surface area contributed by atoms with Crippen molar-refractivity contribution in [3.63, 3.8) is 0 Å². The van der Waals surface area contributed by atoms with Gasteiger partial charge in [0.1, 0.15) is 5.69 Å². The molecule has 0 aliphatic heterocycles. The molecular weight excluding hydrogens is 302 g/mol. The van der Waals surface area contributed by atoms with Crippen LogP contribution in [0.15, 0.2) is 66.9 Å². The summed E-state index contributed by atoms with van der Waals surface area (Å²) in [5, 5.41) is 6.25. The second-order valence-electron chi connectivity index (χ2n) is 5.29. The molecule has 4 aromatic rings. The number of rotatable bonds is 2. The Kier molecular flexibility index (Phi) is 3.28. The Balaban J connectivity index is 1.75. The minimum atomic E-state index is -0.326. The van der Waals surface area contributed by atoms with Crippen molar-refractivity contribution < 1.29 is 4.79 Å². The SMILES string of the molecule is Nc1nc(-c2ccccn2)nn1C(=O)c1ccc2ccccc2c1. The van der Waals surface area contributed by atoms with Crippen LogP contribution >= 0.6 is 0 Å². The Morgan fingerprint density at radius 2 is 1.75 bits per heavy atom. The predicted molar refractivity (Wildman–Crippen MR) is 91.3 cm³/mol. The number of carbonyl (C=O) groups excluding carboxylic acids is 1. The molecule has 0 fully saturated rings. The first-order chi connectivity index (χ1) is 11.7. The largest absolute Gasteiger partial charge is 0.368 e. The fourth-order valence-corrected chi connectivity index (χ4v) is 2.52. The number of hydrogen-bond acceptors (Lipinski definition) is 5. The molecule has 0 radical (unpaired) electrons. The summed E-state index contributed by atoms with van der Waals surface area (Å²) in [5.74, 6) is 0.0315. The Morgan fingerprint density at radius 3 is 2.54 bits per heavy atom. The van der Waals surface area contributed by atoms with Crippen molar-refractivity contribution in [3.05, 3.63) is 72.4 Å². The zero-order chi connectivity index (χ0) is 16.5. The van der Waals surface area contributed by atoms with E-state index in [1.165, 1.54) is 0 Å². The molecule has 4 rings (SSSR count). The predicted octanol–water partition coefficient (Wildman–Crippen LogP) is 2.76. The summed E-state index contributed by atoms with van der Waals surface area (Å²) in [4.78, 5) is 21.0. The third-order valence-corrected chi connectivity index (χ3v) is 3.71. The van der Waals surface area contributed by atoms with Gasteiger partial charge in [-0.1, -0.05) is 36.4 Å². The number of nitrogens with two attached hydrogens (primary N) is 1. The molecule has 2 aromatic carbocycles. The second-order valence-corrected chi connectivity index (χ2v) is 5.29. The number of hydrogen-bond donors (Lipinski definition) is 1. The lowest BCUT2D eigenvalue weighted by molar-refractivity contribution is 0.0948. The van der Waals surface area contributed by atoms with E-state index in [0.717, 1.165) is 15.5 Å². The fourth-order valence-electron chi connectivity index (χ4n) is 2.52. The molecule has 116 valence electrons. The van der Waals surface area contributed by atoms with Crippen molar-refractivity contribution in [2.45, 2.75) is 0 Å². The minimum Gasteiger partial charge on any atom is -0.368 e. The number of fused-ring (bicyclic) bond motifs is 1. The van der Waals surface area contributed by atoms with Gasteiger partial charge in [0, 0.05) is 11.8 Å². The van der Waals surface area contributed by atoms with E-state index in [1.807, 2.05) is 42.5 Å². The zero-order valence-corrected chi connectivity index (χ0v) is 12.6. The van der Waals surface area contributed by atoms with Crippen LogP contribution in [0.1, 0.15) is 10.4 Å². The second kappa shape index (κ2) is 5.58. The van der Waals surface area contributed by atoms with E-state index in [4.69, 9.17) is 5.73 Å². The van der Waals surface area contributed by atoms with Crippen LogP contribution in [-0.4, -0.2) is 25.7 Å². The van der Waals surface area contributed by atoms with Gasteiger partial charge < -0.3 is 5.73 Å².